The van der Waals surface area contributed by atoms with Crippen LogP contribution >= 0.6 is 0 Å². The molecule has 4 rings (SSSR count). The molecule has 0 amide bonds. The molecule has 0 aliphatic heterocycles. The lowest BCUT2D eigenvalue weighted by Crippen LogP contribution is -2.20. The number of ketones is 2. The molecular weight excluding hydrogens is 358 g/mol. The van der Waals surface area contributed by atoms with E-state index in [4.69, 9.17) is 4.99 Å². The molecule has 0 aromatic heterocycles. The number of nitrogens with zero attached hydrogens (tertiary/aromatic N) is 1. The number of hydrogen-bond acceptors (Lipinski definition) is 3. The second kappa shape index (κ2) is 8.28. The van der Waals surface area contributed by atoms with E-state index in [1.807, 2.05) is 0 Å². The maximum atomic E-state index is 13.1. The highest BCUT2D eigenvalue weighted by molar-refractivity contribution is 6.27. The molecule has 0 radical (unpaired) electrons. The van der Waals surface area contributed by atoms with Gasteiger partial charge in [-0.05, 0) is 69.9 Å². The van der Waals surface area contributed by atoms with Crippen molar-refractivity contribution in [1.82, 2.24) is 0 Å². The predicted octanol–water partition coefficient (Wildman–Crippen LogP) is 6.34. The first-order chi connectivity index (χ1) is 14.0. The van der Waals surface area contributed by atoms with Crippen LogP contribution in [0, 0.1) is 0 Å². The van der Waals surface area contributed by atoms with Crippen molar-refractivity contribution in [3.8, 4) is 0 Å². The zero-order valence-electron chi connectivity index (χ0n) is 17.1. The summed E-state index contributed by atoms with van der Waals surface area (Å²) >= 11 is 0. The molecule has 29 heavy (non-hydrogen) atoms. The van der Waals surface area contributed by atoms with Crippen LogP contribution in [0.1, 0.15) is 79.0 Å². The third-order valence-electron chi connectivity index (χ3n) is 6.10. The average Bonchev–Trinajstić information content (AvgIpc) is 3.42. The predicted molar refractivity (Wildman–Crippen MR) is 117 cm³/mol. The van der Waals surface area contributed by atoms with E-state index in [2.05, 4.69) is 18.7 Å². The quantitative estimate of drug-likeness (QED) is 0.568. The zero-order valence-corrected chi connectivity index (χ0v) is 17.1. The Hall–Kier alpha value is -2.81. The number of rotatable bonds is 4. The summed E-state index contributed by atoms with van der Waals surface area (Å²) < 4.78 is 0. The van der Waals surface area contributed by atoms with Gasteiger partial charge in [0.15, 0.2) is 5.78 Å². The summed E-state index contributed by atoms with van der Waals surface area (Å²) in [5.74, 6) is -0.298. The van der Waals surface area contributed by atoms with Crippen molar-refractivity contribution in [2.75, 3.05) is 0 Å². The lowest BCUT2D eigenvalue weighted by molar-refractivity contribution is 0.0974. The van der Waals surface area contributed by atoms with Gasteiger partial charge < -0.3 is 0 Å². The minimum absolute atomic E-state index is 0.119. The highest BCUT2D eigenvalue weighted by Crippen LogP contribution is 2.30. The number of allylic oxidation sites excluding steroid dienone is 7. The fourth-order valence-electron chi connectivity index (χ4n) is 4.40. The summed E-state index contributed by atoms with van der Waals surface area (Å²) in [6, 6.07) is 7.00. The summed E-state index contributed by atoms with van der Waals surface area (Å²) in [4.78, 5) is 30.7. The molecule has 2 saturated carbocycles. The van der Waals surface area contributed by atoms with Crippen LogP contribution in [-0.4, -0.2) is 17.3 Å². The van der Waals surface area contributed by atoms with Gasteiger partial charge in [-0.3, -0.25) is 9.59 Å². The van der Waals surface area contributed by atoms with Gasteiger partial charge in [0.25, 0.3) is 0 Å². The van der Waals surface area contributed by atoms with E-state index >= 15 is 0 Å². The summed E-state index contributed by atoms with van der Waals surface area (Å²) in [6.45, 7) is 5.97. The largest absolute Gasteiger partial charge is 0.289 e. The first-order valence-electron chi connectivity index (χ1n) is 10.6. The molecule has 1 aromatic carbocycles. The molecule has 148 valence electrons. The molecular formula is C26H27NO2. The molecule has 3 aliphatic rings. The van der Waals surface area contributed by atoms with Crippen LogP contribution < -0.4 is 0 Å². The van der Waals surface area contributed by atoms with Crippen molar-refractivity contribution in [1.29, 1.82) is 0 Å². The molecule has 0 unspecified atom stereocenters. The van der Waals surface area contributed by atoms with E-state index in [1.165, 1.54) is 36.8 Å². The molecule has 3 nitrogen and oxygen atoms in total. The third kappa shape index (κ3) is 4.00. The van der Waals surface area contributed by atoms with Crippen LogP contribution in [-0.2, 0) is 0 Å². The van der Waals surface area contributed by atoms with Crippen LogP contribution in [0.3, 0.4) is 0 Å². The Morgan fingerprint density at radius 1 is 0.862 bits per heavy atom. The van der Waals surface area contributed by atoms with Crippen molar-refractivity contribution >= 4 is 17.3 Å². The van der Waals surface area contributed by atoms with E-state index in [9.17, 15) is 9.59 Å². The van der Waals surface area contributed by atoms with Crippen molar-refractivity contribution in [2.24, 2.45) is 4.99 Å². The highest BCUT2D eigenvalue weighted by atomic mass is 16.1. The van der Waals surface area contributed by atoms with Crippen LogP contribution in [0.5, 0.6) is 0 Å². The van der Waals surface area contributed by atoms with Crippen molar-refractivity contribution in [3.05, 3.63) is 82.1 Å². The van der Waals surface area contributed by atoms with Crippen LogP contribution in [0.25, 0.3) is 0 Å². The van der Waals surface area contributed by atoms with Gasteiger partial charge in [0.1, 0.15) is 5.70 Å². The molecule has 3 heteroatoms. The lowest BCUT2D eigenvalue weighted by Gasteiger charge is -2.17. The number of benzene rings is 1. The number of carbonyl (C=O) groups is 2. The number of aliphatic imine (C=N–C) groups is 1. The Kier molecular flexibility index (Phi) is 5.57. The maximum Gasteiger partial charge on any atom is 0.212 e. The fraction of sp³-hybridized carbons (Fsp3) is 0.346. The molecule has 0 heterocycles. The summed E-state index contributed by atoms with van der Waals surface area (Å²) in [5, 5.41) is 0. The van der Waals surface area contributed by atoms with Gasteiger partial charge in [0, 0.05) is 16.7 Å². The lowest BCUT2D eigenvalue weighted by atomic mass is 9.88. The first kappa shape index (κ1) is 19.5. The molecule has 0 N–H and O–H groups in total. The first-order valence-corrected chi connectivity index (χ1v) is 10.6. The number of Topliss-reactive ketones (excluding diaryl/α,β-unsaturated/α-hetero) is 2. The van der Waals surface area contributed by atoms with Gasteiger partial charge >= 0.3 is 0 Å². The van der Waals surface area contributed by atoms with E-state index in [0.29, 0.717) is 16.7 Å². The normalized spacial score (nSPS) is 19.7. The minimum Gasteiger partial charge on any atom is -0.289 e. The van der Waals surface area contributed by atoms with E-state index < -0.39 is 0 Å². The maximum absolute atomic E-state index is 13.1. The van der Waals surface area contributed by atoms with Gasteiger partial charge in [-0.15, -0.1) is 0 Å². The average molecular weight is 386 g/mol. The molecule has 0 saturated heterocycles. The summed E-state index contributed by atoms with van der Waals surface area (Å²) in [7, 11) is 0. The highest BCUT2D eigenvalue weighted by Gasteiger charge is 2.30. The zero-order chi connectivity index (χ0) is 20.4. The second-order valence-electron chi connectivity index (χ2n) is 8.22. The monoisotopic (exact) mass is 385 g/mol. The van der Waals surface area contributed by atoms with Crippen LogP contribution in [0.2, 0.25) is 0 Å². The molecule has 0 atom stereocenters. The van der Waals surface area contributed by atoms with Gasteiger partial charge in [-0.1, -0.05) is 48.1 Å². The van der Waals surface area contributed by atoms with Crippen LogP contribution in [0.4, 0.5) is 0 Å². The standard InChI is InChI=1S/C26H27NO2/c1-17(15-19-9-3-4-10-19)23(16-20-11-5-6-12-20)27-24-18(2)25(28)21-13-7-8-14-22(21)26(24)29/h7-8,13-16H,1,3-6,9-12H2,2H3/b27-23-. The minimum atomic E-state index is -0.179. The molecule has 0 bridgehead atoms. The molecule has 3 aliphatic carbocycles. The van der Waals surface area contributed by atoms with Gasteiger partial charge in [-0.25, -0.2) is 4.99 Å². The summed E-state index contributed by atoms with van der Waals surface area (Å²) in [6.07, 6.45) is 13.4. The van der Waals surface area contributed by atoms with Crippen molar-refractivity contribution < 1.29 is 9.59 Å². The van der Waals surface area contributed by atoms with E-state index in [-0.39, 0.29) is 17.3 Å². The fourth-order valence-corrected chi connectivity index (χ4v) is 4.40. The van der Waals surface area contributed by atoms with Gasteiger partial charge in [0.05, 0.1) is 5.71 Å². The Bertz CT molecular complexity index is 1000. The summed E-state index contributed by atoms with van der Waals surface area (Å²) in [5.41, 5.74) is 5.88. The number of hydrogen-bond donors (Lipinski definition) is 0. The second-order valence-corrected chi connectivity index (χ2v) is 8.22. The Morgan fingerprint density at radius 2 is 1.38 bits per heavy atom. The molecule has 0 spiro atoms. The van der Waals surface area contributed by atoms with Crippen LogP contribution in [0.15, 0.2) is 76.0 Å². The van der Waals surface area contributed by atoms with E-state index in [0.717, 1.165) is 37.0 Å². The van der Waals surface area contributed by atoms with Crippen molar-refractivity contribution in [2.45, 2.75) is 58.3 Å². The third-order valence-corrected chi connectivity index (χ3v) is 6.10. The van der Waals surface area contributed by atoms with Crippen molar-refractivity contribution in [3.63, 3.8) is 0 Å². The SMILES string of the molecule is C=C(C=C1CCCC1)/C(C=C1CCCC1)=N\C1=C(C)C(=O)c2ccccc2C1=O. The molecule has 2 fully saturated rings. The Balaban J connectivity index is 1.77. The number of carbonyl (C=O) groups excluding carboxylic acids is 2. The topological polar surface area (TPSA) is 46.5 Å². The smallest absolute Gasteiger partial charge is 0.212 e. The number of fused-ring (bicyclic) bond motifs is 1. The van der Waals surface area contributed by atoms with Gasteiger partial charge in [-0.2, -0.15) is 0 Å². The Labute approximate surface area is 172 Å². The molecule has 1 aromatic rings. The Morgan fingerprint density at radius 3 is 1.97 bits per heavy atom. The van der Waals surface area contributed by atoms with E-state index in [1.54, 1.807) is 31.2 Å². The van der Waals surface area contributed by atoms with Gasteiger partial charge in [0.2, 0.25) is 5.78 Å².